The molecule has 1 aliphatic rings. The fourth-order valence-corrected chi connectivity index (χ4v) is 4.94. The summed E-state index contributed by atoms with van der Waals surface area (Å²) in [5, 5.41) is 3.31. The molecule has 1 fully saturated rings. The van der Waals surface area contributed by atoms with Crippen LogP contribution in [0.1, 0.15) is 27.0 Å². The van der Waals surface area contributed by atoms with Crippen LogP contribution >= 0.6 is 23.5 Å². The Bertz CT molecular complexity index is 1180. The lowest BCUT2D eigenvalue weighted by molar-refractivity contribution is -0.125. The summed E-state index contributed by atoms with van der Waals surface area (Å²) < 4.78 is 0. The number of carbonyl (C=O) groups is 3. The van der Waals surface area contributed by atoms with Gasteiger partial charge >= 0.3 is 0 Å². The van der Waals surface area contributed by atoms with E-state index in [4.69, 9.17) is 0 Å². The van der Waals surface area contributed by atoms with Crippen LogP contribution < -0.4 is 5.32 Å². The van der Waals surface area contributed by atoms with Crippen molar-refractivity contribution in [3.63, 3.8) is 0 Å². The molecule has 8 heteroatoms. The van der Waals surface area contributed by atoms with Crippen LogP contribution in [0.5, 0.6) is 0 Å². The first-order valence-electron chi connectivity index (χ1n) is 9.98. The Labute approximate surface area is 194 Å². The standard InChI is InChI=1S/C24H21N3O3S2/c1-15-5-10-20(16(2)12-15)32-23-19(4-3-11-25-23)22(29)26-18-8-6-17(7-9-18)13-27-21(28)14-31-24(27)30/h3-12H,13-14H2,1-2H3,(H,26,29). The summed E-state index contributed by atoms with van der Waals surface area (Å²) in [5.74, 6) is -0.234. The Hall–Kier alpha value is -3.10. The molecule has 0 aliphatic carbocycles. The minimum absolute atomic E-state index is 0.178. The zero-order chi connectivity index (χ0) is 22.7. The molecule has 1 aromatic heterocycles. The van der Waals surface area contributed by atoms with Gasteiger partial charge in [-0.3, -0.25) is 19.3 Å². The van der Waals surface area contributed by atoms with Gasteiger partial charge in [-0.25, -0.2) is 4.98 Å². The van der Waals surface area contributed by atoms with Crippen LogP contribution in [0.2, 0.25) is 0 Å². The molecule has 0 atom stereocenters. The maximum atomic E-state index is 12.9. The minimum atomic E-state index is -0.251. The molecule has 0 spiro atoms. The molecule has 0 bridgehead atoms. The molecule has 162 valence electrons. The average Bonchev–Trinajstić information content (AvgIpc) is 3.09. The third-order valence-electron chi connectivity index (χ3n) is 4.95. The maximum absolute atomic E-state index is 12.9. The van der Waals surface area contributed by atoms with Gasteiger partial charge in [0, 0.05) is 16.8 Å². The lowest BCUT2D eigenvalue weighted by Crippen LogP contribution is -2.27. The lowest BCUT2D eigenvalue weighted by atomic mass is 10.2. The van der Waals surface area contributed by atoms with Gasteiger partial charge in [0.1, 0.15) is 5.03 Å². The van der Waals surface area contributed by atoms with E-state index in [1.54, 1.807) is 42.6 Å². The number of thioether (sulfide) groups is 1. The topological polar surface area (TPSA) is 79.4 Å². The Balaban J connectivity index is 1.46. The molecule has 3 aromatic rings. The number of aromatic nitrogens is 1. The van der Waals surface area contributed by atoms with Crippen LogP contribution in [0.15, 0.2) is 70.7 Å². The summed E-state index contributed by atoms with van der Waals surface area (Å²) in [6.07, 6.45) is 1.68. The van der Waals surface area contributed by atoms with Crippen molar-refractivity contribution in [3.8, 4) is 0 Å². The minimum Gasteiger partial charge on any atom is -0.322 e. The molecule has 2 heterocycles. The number of hydrogen-bond acceptors (Lipinski definition) is 6. The number of rotatable bonds is 6. The molecule has 0 unspecified atom stereocenters. The van der Waals surface area contributed by atoms with Crippen LogP contribution in [0.25, 0.3) is 0 Å². The molecule has 2 aromatic carbocycles. The second-order valence-corrected chi connectivity index (χ2v) is 9.37. The number of aryl methyl sites for hydroxylation is 2. The zero-order valence-electron chi connectivity index (χ0n) is 17.6. The normalized spacial score (nSPS) is 13.5. The van der Waals surface area contributed by atoms with Crippen LogP contribution in [-0.2, 0) is 11.3 Å². The molecule has 6 nitrogen and oxygen atoms in total. The van der Waals surface area contributed by atoms with Crippen molar-refractivity contribution < 1.29 is 14.4 Å². The van der Waals surface area contributed by atoms with Gasteiger partial charge in [-0.2, -0.15) is 0 Å². The first-order chi connectivity index (χ1) is 15.4. The van der Waals surface area contributed by atoms with Crippen molar-refractivity contribution in [2.75, 3.05) is 11.1 Å². The third-order valence-corrected chi connectivity index (χ3v) is 7.00. The van der Waals surface area contributed by atoms with Crippen molar-refractivity contribution in [1.82, 2.24) is 9.88 Å². The van der Waals surface area contributed by atoms with Gasteiger partial charge in [-0.1, -0.05) is 53.4 Å². The third kappa shape index (κ3) is 5.03. The van der Waals surface area contributed by atoms with E-state index in [1.807, 2.05) is 26.0 Å². The van der Waals surface area contributed by atoms with Crippen LogP contribution in [0.4, 0.5) is 10.5 Å². The highest BCUT2D eigenvalue weighted by atomic mass is 32.2. The van der Waals surface area contributed by atoms with Gasteiger partial charge in [-0.15, -0.1) is 0 Å². The predicted octanol–water partition coefficient (Wildman–Crippen LogP) is 5.30. The number of amides is 3. The Kier molecular flexibility index (Phi) is 6.62. The number of pyridine rings is 1. The molecular weight excluding hydrogens is 442 g/mol. The second-order valence-electron chi connectivity index (χ2n) is 7.41. The summed E-state index contributed by atoms with van der Waals surface area (Å²) in [5.41, 5.74) is 4.26. The van der Waals surface area contributed by atoms with E-state index in [0.29, 0.717) is 16.3 Å². The van der Waals surface area contributed by atoms with Crippen molar-refractivity contribution in [2.24, 2.45) is 0 Å². The quantitative estimate of drug-likeness (QED) is 0.535. The number of hydrogen-bond donors (Lipinski definition) is 1. The first-order valence-corrected chi connectivity index (χ1v) is 11.8. The summed E-state index contributed by atoms with van der Waals surface area (Å²) in [6, 6.07) is 16.8. The van der Waals surface area contributed by atoms with Gasteiger partial charge in [0.15, 0.2) is 0 Å². The van der Waals surface area contributed by atoms with Crippen molar-refractivity contribution >= 4 is 46.3 Å². The van der Waals surface area contributed by atoms with E-state index in [1.165, 1.54) is 22.2 Å². The highest BCUT2D eigenvalue weighted by Gasteiger charge is 2.29. The van der Waals surface area contributed by atoms with Crippen molar-refractivity contribution in [1.29, 1.82) is 0 Å². The van der Waals surface area contributed by atoms with Gasteiger partial charge in [-0.05, 0) is 55.3 Å². The Morgan fingerprint density at radius 1 is 1.12 bits per heavy atom. The predicted molar refractivity (Wildman–Crippen MR) is 127 cm³/mol. The van der Waals surface area contributed by atoms with Crippen molar-refractivity contribution in [2.45, 2.75) is 30.3 Å². The van der Waals surface area contributed by atoms with Gasteiger partial charge in [0.25, 0.3) is 11.1 Å². The lowest BCUT2D eigenvalue weighted by Gasteiger charge is -2.13. The van der Waals surface area contributed by atoms with Crippen LogP contribution in [-0.4, -0.2) is 32.7 Å². The second kappa shape index (κ2) is 9.58. The summed E-state index contributed by atoms with van der Waals surface area (Å²) in [4.78, 5) is 43.2. The monoisotopic (exact) mass is 463 g/mol. The smallest absolute Gasteiger partial charge is 0.289 e. The number of carbonyl (C=O) groups excluding carboxylic acids is 3. The summed E-state index contributed by atoms with van der Waals surface area (Å²) >= 11 is 2.48. The molecule has 0 saturated carbocycles. The highest BCUT2D eigenvalue weighted by Crippen LogP contribution is 2.32. The maximum Gasteiger partial charge on any atom is 0.289 e. The van der Waals surface area contributed by atoms with E-state index in [9.17, 15) is 14.4 Å². The number of imide groups is 1. The first kappa shape index (κ1) is 22.1. The highest BCUT2D eigenvalue weighted by molar-refractivity contribution is 8.14. The molecule has 1 aliphatic heterocycles. The average molecular weight is 464 g/mol. The van der Waals surface area contributed by atoms with Gasteiger partial charge in [0.05, 0.1) is 17.9 Å². The van der Waals surface area contributed by atoms with Gasteiger partial charge in [0.2, 0.25) is 5.91 Å². The van der Waals surface area contributed by atoms with E-state index >= 15 is 0 Å². The fraction of sp³-hybridized carbons (Fsp3) is 0.167. The Morgan fingerprint density at radius 2 is 1.91 bits per heavy atom. The molecule has 1 N–H and O–H groups in total. The molecular formula is C24H21N3O3S2. The number of benzene rings is 2. The molecule has 1 saturated heterocycles. The summed E-state index contributed by atoms with van der Waals surface area (Å²) in [7, 11) is 0. The molecule has 3 amide bonds. The van der Waals surface area contributed by atoms with Crippen LogP contribution in [0.3, 0.4) is 0 Å². The number of anilines is 1. The molecule has 4 rings (SSSR count). The van der Waals surface area contributed by atoms with E-state index < -0.39 is 0 Å². The fourth-order valence-electron chi connectivity index (χ4n) is 3.27. The molecule has 0 radical (unpaired) electrons. The van der Waals surface area contributed by atoms with Crippen molar-refractivity contribution in [3.05, 3.63) is 83.0 Å². The van der Waals surface area contributed by atoms with E-state index in [2.05, 4.69) is 16.4 Å². The number of nitrogens with zero attached hydrogens (tertiary/aromatic N) is 2. The van der Waals surface area contributed by atoms with E-state index in [0.717, 1.165) is 27.8 Å². The molecule has 32 heavy (non-hydrogen) atoms. The summed E-state index contributed by atoms with van der Waals surface area (Å²) in [6.45, 7) is 4.33. The van der Waals surface area contributed by atoms with Crippen LogP contribution in [0, 0.1) is 13.8 Å². The number of nitrogens with one attached hydrogen (secondary N) is 1. The Morgan fingerprint density at radius 3 is 2.59 bits per heavy atom. The SMILES string of the molecule is Cc1ccc(Sc2ncccc2C(=O)Nc2ccc(CN3C(=O)CSC3=O)cc2)c(C)c1. The zero-order valence-corrected chi connectivity index (χ0v) is 19.3. The van der Waals surface area contributed by atoms with Gasteiger partial charge < -0.3 is 5.32 Å². The van der Waals surface area contributed by atoms with E-state index in [-0.39, 0.29) is 29.4 Å². The largest absolute Gasteiger partial charge is 0.322 e.